The summed E-state index contributed by atoms with van der Waals surface area (Å²) in [5.41, 5.74) is 1.55. The second-order valence-corrected chi connectivity index (χ2v) is 11.3. The van der Waals surface area contributed by atoms with Crippen molar-refractivity contribution in [2.24, 2.45) is 5.92 Å². The van der Waals surface area contributed by atoms with Gasteiger partial charge in [0.2, 0.25) is 5.91 Å². The van der Waals surface area contributed by atoms with Crippen LogP contribution in [0.5, 0.6) is 0 Å². The lowest BCUT2D eigenvalue weighted by atomic mass is 9.66. The number of ether oxygens (including phenoxy) is 1. The number of pyridine rings is 1. The van der Waals surface area contributed by atoms with E-state index in [1.807, 2.05) is 6.92 Å². The molecule has 9 nitrogen and oxygen atoms in total. The standard InChI is InChI=1S/C27H30F3N7O2/c1-16-13-36(25(38)19-9-20(10-19)39-27(28,29)30)17(2)12-35(16)23-22-24(34-15-33-23)37(14-26(22)5-3-6-26)21-8-18(11-31)4-7-32-21/h4,7-8,15-17,19-20H,3,5-6,9-10,12-14H2,1-2H3/t16-,17+,19?,20?/m0/s1. The van der Waals surface area contributed by atoms with Crippen molar-refractivity contribution in [1.29, 1.82) is 5.26 Å². The number of alkyl halides is 3. The molecule has 0 radical (unpaired) electrons. The molecule has 0 bridgehead atoms. The van der Waals surface area contributed by atoms with Crippen molar-refractivity contribution in [2.75, 3.05) is 29.4 Å². The lowest BCUT2D eigenvalue weighted by Gasteiger charge is -2.48. The maximum atomic E-state index is 13.2. The van der Waals surface area contributed by atoms with E-state index in [1.165, 1.54) is 0 Å². The van der Waals surface area contributed by atoms with Crippen molar-refractivity contribution in [2.45, 2.75) is 75.9 Å². The SMILES string of the molecule is C[C@@H]1CN(c2ncnc3c2C2(CCC2)CN3c2cc(C#N)ccn2)[C@@H](C)CN1C(=O)C1CC(OC(F)(F)F)C1. The molecule has 6 rings (SSSR count). The second kappa shape index (κ2) is 9.33. The Morgan fingerprint density at radius 1 is 1.13 bits per heavy atom. The number of anilines is 3. The molecule has 39 heavy (non-hydrogen) atoms. The smallest absolute Gasteiger partial charge is 0.350 e. The van der Waals surface area contributed by atoms with Crippen molar-refractivity contribution in [3.05, 3.63) is 35.8 Å². The van der Waals surface area contributed by atoms with Gasteiger partial charge < -0.3 is 14.7 Å². The number of carbonyl (C=O) groups excluding carboxylic acids is 1. The summed E-state index contributed by atoms with van der Waals surface area (Å²) in [5, 5.41) is 9.39. The molecule has 2 aliphatic heterocycles. The van der Waals surface area contributed by atoms with Gasteiger partial charge in [-0.05, 0) is 51.7 Å². The third kappa shape index (κ3) is 4.46. The summed E-state index contributed by atoms with van der Waals surface area (Å²) >= 11 is 0. The molecule has 0 unspecified atom stereocenters. The number of hydrogen-bond acceptors (Lipinski definition) is 8. The normalized spacial score (nSPS) is 27.5. The number of hydrogen-bond donors (Lipinski definition) is 0. The summed E-state index contributed by atoms with van der Waals surface area (Å²) in [6.07, 6.45) is 0.921. The Morgan fingerprint density at radius 2 is 1.87 bits per heavy atom. The predicted octanol–water partition coefficient (Wildman–Crippen LogP) is 4.06. The van der Waals surface area contributed by atoms with E-state index in [2.05, 4.69) is 37.5 Å². The highest BCUT2D eigenvalue weighted by atomic mass is 19.4. The highest BCUT2D eigenvalue weighted by Gasteiger charge is 2.52. The van der Waals surface area contributed by atoms with Gasteiger partial charge in [-0.25, -0.2) is 15.0 Å². The molecular formula is C27H30F3N7O2. The van der Waals surface area contributed by atoms with E-state index in [9.17, 15) is 23.2 Å². The highest BCUT2D eigenvalue weighted by molar-refractivity contribution is 5.81. The van der Waals surface area contributed by atoms with E-state index in [0.717, 1.165) is 43.0 Å². The van der Waals surface area contributed by atoms with Crippen LogP contribution < -0.4 is 9.80 Å². The summed E-state index contributed by atoms with van der Waals surface area (Å²) in [5.74, 6) is 1.83. The lowest BCUT2D eigenvalue weighted by molar-refractivity contribution is -0.353. The summed E-state index contributed by atoms with van der Waals surface area (Å²) in [7, 11) is 0. The molecule has 0 aromatic carbocycles. The second-order valence-electron chi connectivity index (χ2n) is 11.3. The van der Waals surface area contributed by atoms with Gasteiger partial charge in [-0.1, -0.05) is 6.42 Å². The number of fused-ring (bicyclic) bond motifs is 2. The fraction of sp³-hybridized carbons (Fsp3) is 0.593. The van der Waals surface area contributed by atoms with Gasteiger partial charge in [0.15, 0.2) is 0 Å². The van der Waals surface area contributed by atoms with Crippen LogP contribution in [0.2, 0.25) is 0 Å². The van der Waals surface area contributed by atoms with Crippen LogP contribution in [-0.4, -0.2) is 69.9 Å². The minimum atomic E-state index is -4.67. The van der Waals surface area contributed by atoms with E-state index in [1.54, 1.807) is 29.6 Å². The number of carbonyl (C=O) groups is 1. The van der Waals surface area contributed by atoms with Crippen LogP contribution in [0.4, 0.5) is 30.6 Å². The first-order valence-corrected chi connectivity index (χ1v) is 13.4. The first-order valence-electron chi connectivity index (χ1n) is 13.4. The first-order chi connectivity index (χ1) is 18.6. The lowest BCUT2D eigenvalue weighted by Crippen LogP contribution is -2.61. The van der Waals surface area contributed by atoms with E-state index in [-0.39, 0.29) is 36.2 Å². The zero-order valence-electron chi connectivity index (χ0n) is 21.9. The van der Waals surface area contributed by atoms with Crippen molar-refractivity contribution in [1.82, 2.24) is 19.9 Å². The fourth-order valence-corrected chi connectivity index (χ4v) is 6.57. The zero-order valence-corrected chi connectivity index (χ0v) is 21.9. The minimum Gasteiger partial charge on any atom is -0.350 e. The van der Waals surface area contributed by atoms with Crippen molar-refractivity contribution < 1.29 is 22.7 Å². The third-order valence-corrected chi connectivity index (χ3v) is 8.80. The molecule has 1 spiro atoms. The first kappa shape index (κ1) is 25.8. The van der Waals surface area contributed by atoms with Crippen LogP contribution in [0, 0.1) is 17.2 Å². The van der Waals surface area contributed by atoms with Crippen LogP contribution >= 0.6 is 0 Å². The maximum Gasteiger partial charge on any atom is 0.522 e. The van der Waals surface area contributed by atoms with Gasteiger partial charge in [0.05, 0.1) is 17.7 Å². The minimum absolute atomic E-state index is 0.0438. The van der Waals surface area contributed by atoms with Crippen LogP contribution in [-0.2, 0) is 14.9 Å². The Labute approximate surface area is 224 Å². The number of nitriles is 1. The van der Waals surface area contributed by atoms with E-state index in [0.29, 0.717) is 24.5 Å². The monoisotopic (exact) mass is 541 g/mol. The summed E-state index contributed by atoms with van der Waals surface area (Å²) in [6.45, 7) is 5.77. The van der Waals surface area contributed by atoms with Crippen LogP contribution in [0.3, 0.4) is 0 Å². The molecule has 12 heteroatoms. The molecule has 2 saturated carbocycles. The molecule has 206 valence electrons. The van der Waals surface area contributed by atoms with Crippen LogP contribution in [0.15, 0.2) is 24.7 Å². The average molecular weight is 542 g/mol. The average Bonchev–Trinajstić information content (AvgIpc) is 3.23. The van der Waals surface area contributed by atoms with Crippen molar-refractivity contribution in [3.8, 4) is 6.07 Å². The molecular weight excluding hydrogens is 511 g/mol. The molecule has 4 heterocycles. The highest BCUT2D eigenvalue weighted by Crippen LogP contribution is 2.56. The molecule has 4 aliphatic rings. The Hall–Kier alpha value is -3.46. The topological polar surface area (TPSA) is 98.5 Å². The van der Waals surface area contributed by atoms with Crippen LogP contribution in [0.1, 0.15) is 57.1 Å². The molecule has 1 amide bonds. The molecule has 2 aliphatic carbocycles. The molecule has 3 fully saturated rings. The van der Waals surface area contributed by atoms with Gasteiger partial charge in [0.1, 0.15) is 23.8 Å². The van der Waals surface area contributed by atoms with Gasteiger partial charge in [-0.2, -0.15) is 5.26 Å². The Balaban J connectivity index is 1.23. The van der Waals surface area contributed by atoms with Gasteiger partial charge in [0.25, 0.3) is 0 Å². The molecule has 2 aromatic rings. The van der Waals surface area contributed by atoms with E-state index < -0.39 is 18.4 Å². The summed E-state index contributed by atoms with van der Waals surface area (Å²) in [4.78, 5) is 33.3. The Bertz CT molecular complexity index is 1320. The number of nitrogens with zero attached hydrogens (tertiary/aromatic N) is 7. The van der Waals surface area contributed by atoms with Crippen LogP contribution in [0.25, 0.3) is 0 Å². The molecule has 2 aromatic heterocycles. The predicted molar refractivity (Wildman–Crippen MR) is 135 cm³/mol. The molecule has 1 saturated heterocycles. The van der Waals surface area contributed by atoms with Crippen molar-refractivity contribution >= 4 is 23.4 Å². The summed E-state index contributed by atoms with van der Waals surface area (Å²) < 4.78 is 41.6. The van der Waals surface area contributed by atoms with Gasteiger partial charge >= 0.3 is 6.36 Å². The van der Waals surface area contributed by atoms with E-state index >= 15 is 0 Å². The summed E-state index contributed by atoms with van der Waals surface area (Å²) in [6, 6.07) is 5.47. The molecule has 2 atom stereocenters. The Kier molecular flexibility index (Phi) is 6.17. The van der Waals surface area contributed by atoms with Gasteiger partial charge in [-0.3, -0.25) is 9.53 Å². The largest absolute Gasteiger partial charge is 0.522 e. The van der Waals surface area contributed by atoms with Crippen molar-refractivity contribution in [3.63, 3.8) is 0 Å². The molecule has 0 N–H and O–H groups in total. The number of piperazine rings is 1. The number of aromatic nitrogens is 3. The Morgan fingerprint density at radius 3 is 2.54 bits per heavy atom. The van der Waals surface area contributed by atoms with Gasteiger partial charge in [0, 0.05) is 54.8 Å². The maximum absolute atomic E-state index is 13.2. The zero-order chi connectivity index (χ0) is 27.5. The number of rotatable bonds is 4. The number of halogens is 3. The van der Waals surface area contributed by atoms with Gasteiger partial charge in [-0.15, -0.1) is 13.2 Å². The van der Waals surface area contributed by atoms with E-state index in [4.69, 9.17) is 4.98 Å². The third-order valence-electron chi connectivity index (χ3n) is 8.80. The fourth-order valence-electron chi connectivity index (χ4n) is 6.57. The quantitative estimate of drug-likeness (QED) is 0.572. The number of amides is 1.